The summed E-state index contributed by atoms with van der Waals surface area (Å²) in [7, 11) is 6.32. The maximum Gasteiger partial charge on any atom is 0.407 e. The number of hydrogen-bond acceptors (Lipinski definition) is 5. The molecule has 0 saturated carbocycles. The molecule has 0 unspecified atom stereocenters. The summed E-state index contributed by atoms with van der Waals surface area (Å²) in [5, 5.41) is 2.51. The summed E-state index contributed by atoms with van der Waals surface area (Å²) < 4.78 is 24.4. The second kappa shape index (κ2) is 8.26. The Morgan fingerprint density at radius 3 is 2.35 bits per heavy atom. The van der Waals surface area contributed by atoms with Crippen molar-refractivity contribution in [2.45, 2.75) is 20.0 Å². The lowest BCUT2D eigenvalue weighted by molar-refractivity contribution is 0.142. The first kappa shape index (κ1) is 20.7. The number of carbonyl (C=O) groups excluding carboxylic acids is 1. The first-order chi connectivity index (χ1) is 15.0. The molecule has 0 radical (unpaired) electrons. The fourth-order valence-electron chi connectivity index (χ4n) is 4.23. The lowest BCUT2D eigenvalue weighted by Crippen LogP contribution is -2.19. The second-order valence-corrected chi connectivity index (χ2v) is 7.28. The van der Waals surface area contributed by atoms with Crippen molar-refractivity contribution in [3.05, 3.63) is 58.8 Å². The van der Waals surface area contributed by atoms with Crippen molar-refractivity contribution < 1.29 is 23.7 Å². The van der Waals surface area contributed by atoms with Crippen molar-refractivity contribution in [2.75, 3.05) is 28.4 Å². The van der Waals surface area contributed by atoms with Gasteiger partial charge in [0.05, 0.1) is 27.0 Å². The molecule has 162 valence electrons. The number of methoxy groups -OCH3 is 3. The van der Waals surface area contributed by atoms with Crippen molar-refractivity contribution in [3.63, 3.8) is 0 Å². The van der Waals surface area contributed by atoms with Crippen LogP contribution in [0.4, 0.5) is 4.79 Å². The van der Waals surface area contributed by atoms with E-state index in [1.807, 2.05) is 18.2 Å². The molecular weight excluding hydrogens is 396 g/mol. The maximum atomic E-state index is 11.8. The van der Waals surface area contributed by atoms with Gasteiger partial charge in [0.15, 0.2) is 11.5 Å². The second-order valence-electron chi connectivity index (χ2n) is 7.28. The highest BCUT2D eigenvalue weighted by Gasteiger charge is 2.30. The minimum absolute atomic E-state index is 0.152. The number of rotatable bonds is 6. The Labute approximate surface area is 181 Å². The van der Waals surface area contributed by atoms with E-state index in [-0.39, 0.29) is 6.61 Å². The average Bonchev–Trinajstić information content (AvgIpc) is 3.31. The standard InChI is InChI=1S/C24H26N2O5/c1-14-17(13-31-24(27)25-2)22(26-18-9-7-6-8-15(18)10-19(14)26)16-11-20(28-3)23(30-5)21(12-16)29-4/h6-9,11-12H,10,13H2,1-5H3,(H,25,27). The third kappa shape index (κ3) is 3.36. The van der Waals surface area contributed by atoms with Gasteiger partial charge in [0.2, 0.25) is 5.75 Å². The van der Waals surface area contributed by atoms with Crippen LogP contribution in [0.1, 0.15) is 22.4 Å². The lowest BCUT2D eigenvalue weighted by atomic mass is 10.0. The van der Waals surface area contributed by atoms with Gasteiger partial charge in [-0.05, 0) is 36.2 Å². The number of alkyl carbamates (subject to hydrolysis) is 1. The predicted octanol–water partition coefficient (Wildman–Crippen LogP) is 4.24. The molecule has 2 heterocycles. The van der Waals surface area contributed by atoms with E-state index in [1.54, 1.807) is 28.4 Å². The van der Waals surface area contributed by atoms with Crippen LogP contribution in [0.25, 0.3) is 16.9 Å². The number of nitrogens with one attached hydrogen (secondary N) is 1. The summed E-state index contributed by atoms with van der Waals surface area (Å²) >= 11 is 0. The summed E-state index contributed by atoms with van der Waals surface area (Å²) in [6.07, 6.45) is 0.348. The predicted molar refractivity (Wildman–Crippen MR) is 118 cm³/mol. The smallest absolute Gasteiger partial charge is 0.407 e. The number of hydrogen-bond donors (Lipinski definition) is 1. The number of carbonyl (C=O) groups is 1. The van der Waals surface area contributed by atoms with E-state index in [0.717, 1.165) is 34.5 Å². The molecule has 0 fully saturated rings. The zero-order valence-electron chi connectivity index (χ0n) is 18.4. The van der Waals surface area contributed by atoms with Crippen molar-refractivity contribution >= 4 is 6.09 Å². The van der Waals surface area contributed by atoms with Gasteiger partial charge in [-0.2, -0.15) is 0 Å². The van der Waals surface area contributed by atoms with Crippen LogP contribution in [0.2, 0.25) is 0 Å². The monoisotopic (exact) mass is 422 g/mol. The fourth-order valence-corrected chi connectivity index (χ4v) is 4.23. The number of para-hydroxylation sites is 1. The molecule has 0 saturated heterocycles. The normalized spacial score (nSPS) is 11.5. The summed E-state index contributed by atoms with van der Waals surface area (Å²) in [4.78, 5) is 11.8. The van der Waals surface area contributed by atoms with Crippen molar-refractivity contribution in [1.29, 1.82) is 0 Å². The van der Waals surface area contributed by atoms with Gasteiger partial charge in [0, 0.05) is 36.0 Å². The minimum Gasteiger partial charge on any atom is -0.493 e. The molecule has 0 atom stereocenters. The Morgan fingerprint density at radius 1 is 1.06 bits per heavy atom. The highest BCUT2D eigenvalue weighted by Crippen LogP contribution is 2.46. The molecule has 3 aromatic rings. The average molecular weight is 422 g/mol. The molecule has 1 aliphatic rings. The minimum atomic E-state index is -0.470. The molecule has 31 heavy (non-hydrogen) atoms. The highest BCUT2D eigenvalue weighted by molar-refractivity contribution is 5.77. The molecule has 0 bridgehead atoms. The molecule has 2 aromatic carbocycles. The van der Waals surface area contributed by atoms with Crippen molar-refractivity contribution in [2.24, 2.45) is 0 Å². The molecule has 0 aliphatic carbocycles. The number of fused-ring (bicyclic) bond motifs is 3. The van der Waals surface area contributed by atoms with Gasteiger partial charge in [-0.1, -0.05) is 18.2 Å². The van der Waals surface area contributed by atoms with E-state index in [2.05, 4.69) is 35.0 Å². The molecule has 1 N–H and O–H groups in total. The lowest BCUT2D eigenvalue weighted by Gasteiger charge is -2.17. The van der Waals surface area contributed by atoms with Gasteiger partial charge in [-0.3, -0.25) is 0 Å². The summed E-state index contributed by atoms with van der Waals surface area (Å²) in [5.41, 5.74) is 7.44. The van der Waals surface area contributed by atoms with Crippen molar-refractivity contribution in [3.8, 4) is 34.2 Å². The largest absolute Gasteiger partial charge is 0.493 e. The molecule has 1 amide bonds. The van der Waals surface area contributed by atoms with E-state index in [1.165, 1.54) is 11.3 Å². The van der Waals surface area contributed by atoms with Gasteiger partial charge in [-0.15, -0.1) is 0 Å². The number of aromatic nitrogens is 1. The molecule has 4 rings (SSSR count). The maximum absolute atomic E-state index is 11.8. The number of benzene rings is 2. The van der Waals surface area contributed by atoms with Crippen LogP contribution in [-0.4, -0.2) is 39.0 Å². The number of amides is 1. The molecule has 1 aliphatic heterocycles. The molecule has 0 spiro atoms. The van der Waals surface area contributed by atoms with Gasteiger partial charge >= 0.3 is 6.09 Å². The SMILES string of the molecule is CNC(=O)OCc1c(C)c2n(c1-c1cc(OC)c(OC)c(OC)c1)-c1ccccc1C2. The molecular formula is C24H26N2O5. The number of ether oxygens (including phenoxy) is 4. The molecule has 1 aromatic heterocycles. The van der Waals surface area contributed by atoms with E-state index in [0.29, 0.717) is 17.2 Å². The van der Waals surface area contributed by atoms with E-state index < -0.39 is 6.09 Å². The Kier molecular flexibility index (Phi) is 5.50. The van der Waals surface area contributed by atoms with E-state index in [4.69, 9.17) is 18.9 Å². The summed E-state index contributed by atoms with van der Waals surface area (Å²) in [5.74, 6) is 1.66. The van der Waals surface area contributed by atoms with Gasteiger partial charge in [0.1, 0.15) is 6.61 Å². The van der Waals surface area contributed by atoms with Gasteiger partial charge < -0.3 is 28.8 Å². The van der Waals surface area contributed by atoms with Crippen LogP contribution >= 0.6 is 0 Å². The fraction of sp³-hybridized carbons (Fsp3) is 0.292. The Balaban J connectivity index is 1.97. The highest BCUT2D eigenvalue weighted by atomic mass is 16.5. The number of nitrogens with zero attached hydrogens (tertiary/aromatic N) is 1. The van der Waals surface area contributed by atoms with Crippen LogP contribution in [0.15, 0.2) is 36.4 Å². The third-order valence-electron chi connectivity index (χ3n) is 5.75. The zero-order chi connectivity index (χ0) is 22.1. The van der Waals surface area contributed by atoms with Gasteiger partial charge in [0.25, 0.3) is 0 Å². The third-order valence-corrected chi connectivity index (χ3v) is 5.75. The quantitative estimate of drug-likeness (QED) is 0.503. The summed E-state index contributed by atoms with van der Waals surface area (Å²) in [6, 6.07) is 12.2. The van der Waals surface area contributed by atoms with E-state index in [9.17, 15) is 4.79 Å². The van der Waals surface area contributed by atoms with E-state index >= 15 is 0 Å². The van der Waals surface area contributed by atoms with Gasteiger partial charge in [-0.25, -0.2) is 4.79 Å². The van der Waals surface area contributed by atoms with Crippen LogP contribution in [0.5, 0.6) is 17.2 Å². The first-order valence-electron chi connectivity index (χ1n) is 10.00. The van der Waals surface area contributed by atoms with Crippen LogP contribution in [0, 0.1) is 6.92 Å². The first-order valence-corrected chi connectivity index (χ1v) is 10.00. The topological polar surface area (TPSA) is 71.0 Å². The molecule has 7 heteroatoms. The Hall–Kier alpha value is -3.61. The van der Waals surface area contributed by atoms with Crippen molar-refractivity contribution in [1.82, 2.24) is 9.88 Å². The summed E-state index contributed by atoms with van der Waals surface area (Å²) in [6.45, 7) is 2.22. The molecule has 7 nitrogen and oxygen atoms in total. The van der Waals surface area contributed by atoms with Crippen LogP contribution < -0.4 is 19.5 Å². The Morgan fingerprint density at radius 2 is 1.74 bits per heavy atom. The van der Waals surface area contributed by atoms with Crippen LogP contribution in [-0.2, 0) is 17.8 Å². The zero-order valence-corrected chi connectivity index (χ0v) is 18.4. The Bertz CT molecular complexity index is 1120. The van der Waals surface area contributed by atoms with Crippen LogP contribution in [0.3, 0.4) is 0 Å².